The molecule has 0 aromatic heterocycles. The third kappa shape index (κ3) is 9.16. The summed E-state index contributed by atoms with van der Waals surface area (Å²) in [5.41, 5.74) is 7.44. The molecule has 1 atom stereocenters. The molecule has 4 N–H and O–H groups in total. The van der Waals surface area contributed by atoms with Gasteiger partial charge in [-0.05, 0) is 40.7 Å². The topological polar surface area (TPSA) is 83.6 Å². The van der Waals surface area contributed by atoms with Crippen LogP contribution in [0, 0.1) is 0 Å². The van der Waals surface area contributed by atoms with Gasteiger partial charge in [0, 0.05) is 12.2 Å². The lowest BCUT2D eigenvalue weighted by Crippen LogP contribution is -2.16. The summed E-state index contributed by atoms with van der Waals surface area (Å²) < 4.78 is 0. The predicted molar refractivity (Wildman–Crippen MR) is 119 cm³/mol. The van der Waals surface area contributed by atoms with Crippen molar-refractivity contribution in [2.75, 3.05) is 6.61 Å². The lowest BCUT2D eigenvalue weighted by Gasteiger charge is -2.20. The Balaban J connectivity index is 4.29. The number of nitrogens with two attached hydrogens (primary N) is 1. The first kappa shape index (κ1) is 25.8. The molecule has 0 saturated carbocycles. The predicted octanol–water partition coefficient (Wildman–Crippen LogP) is 4.67. The van der Waals surface area contributed by atoms with Crippen molar-refractivity contribution >= 4 is 5.91 Å². The van der Waals surface area contributed by atoms with Crippen LogP contribution in [0.3, 0.4) is 0 Å². The minimum atomic E-state index is -0.700. The summed E-state index contributed by atoms with van der Waals surface area (Å²) in [7, 11) is 0. The van der Waals surface area contributed by atoms with Crippen LogP contribution in [0.1, 0.15) is 57.8 Å². The Morgan fingerprint density at radius 1 is 0.679 bits per heavy atom. The van der Waals surface area contributed by atoms with Gasteiger partial charge >= 0.3 is 0 Å². The largest absolute Gasteiger partial charge is 0.396 e. The van der Waals surface area contributed by atoms with Gasteiger partial charge in [-0.3, -0.25) is 4.79 Å². The normalized spacial score (nSPS) is 11.5. The van der Waals surface area contributed by atoms with Gasteiger partial charge in [0.2, 0.25) is 5.91 Å². The highest BCUT2D eigenvalue weighted by molar-refractivity contribution is 5.97. The molecule has 0 radical (unpaired) electrons. The third-order valence-corrected chi connectivity index (χ3v) is 4.93. The van der Waals surface area contributed by atoms with Gasteiger partial charge in [-0.25, -0.2) is 0 Å². The second kappa shape index (κ2) is 13.9. The van der Waals surface area contributed by atoms with Crippen LogP contribution < -0.4 is 5.73 Å². The molecule has 0 fully saturated rings. The molecule has 28 heavy (non-hydrogen) atoms. The molecule has 0 bridgehead atoms. The van der Waals surface area contributed by atoms with E-state index in [2.05, 4.69) is 39.5 Å². The van der Waals surface area contributed by atoms with E-state index in [-0.39, 0.29) is 12.2 Å². The van der Waals surface area contributed by atoms with Gasteiger partial charge in [-0.15, -0.1) is 0 Å². The summed E-state index contributed by atoms with van der Waals surface area (Å²) in [6, 6.07) is 0. The maximum Gasteiger partial charge on any atom is 0.248 e. The quantitative estimate of drug-likeness (QED) is 0.193. The molecule has 4 heteroatoms. The maximum absolute atomic E-state index is 11.2. The van der Waals surface area contributed by atoms with Gasteiger partial charge in [0.15, 0.2) is 0 Å². The lowest BCUT2D eigenvalue weighted by molar-refractivity contribution is -0.114. The van der Waals surface area contributed by atoms with Crippen LogP contribution in [-0.4, -0.2) is 28.8 Å². The lowest BCUT2D eigenvalue weighted by atomic mass is 9.87. The summed E-state index contributed by atoms with van der Waals surface area (Å²) in [5, 5.41) is 19.1. The Hall–Kier alpha value is -2.17. The van der Waals surface area contributed by atoms with Crippen LogP contribution in [0.5, 0.6) is 0 Å². The molecule has 156 valence electrons. The SMILES string of the molecule is C=C(C(=C)C(=C)C(=C)C(O)CCCCCCCCCCO)C(=C)C(=C)C(N)=O. The van der Waals surface area contributed by atoms with Crippen molar-refractivity contribution in [3.63, 3.8) is 0 Å². The van der Waals surface area contributed by atoms with Crippen LogP contribution in [0.25, 0.3) is 0 Å². The van der Waals surface area contributed by atoms with E-state index in [0.717, 1.165) is 32.1 Å². The molecule has 0 aliphatic carbocycles. The van der Waals surface area contributed by atoms with E-state index in [4.69, 9.17) is 10.8 Å². The van der Waals surface area contributed by atoms with Crippen molar-refractivity contribution in [1.82, 2.24) is 0 Å². The zero-order valence-corrected chi connectivity index (χ0v) is 17.3. The average Bonchev–Trinajstić information content (AvgIpc) is 2.68. The molecular weight excluding hydrogens is 350 g/mol. The fraction of sp³-hybridized carbons (Fsp3) is 0.458. The summed E-state index contributed by atoms with van der Waals surface area (Å²) in [6.45, 7) is 23.4. The first-order chi connectivity index (χ1) is 13.1. The average molecular weight is 388 g/mol. The monoisotopic (exact) mass is 387 g/mol. The Labute approximate surface area is 170 Å². The van der Waals surface area contributed by atoms with Crippen molar-refractivity contribution in [2.45, 2.75) is 63.9 Å². The summed E-state index contributed by atoms with van der Waals surface area (Å²) in [6.07, 6.45) is 8.52. The summed E-state index contributed by atoms with van der Waals surface area (Å²) in [4.78, 5) is 11.2. The molecule has 1 amide bonds. The van der Waals surface area contributed by atoms with Gasteiger partial charge < -0.3 is 15.9 Å². The van der Waals surface area contributed by atoms with Crippen molar-refractivity contribution < 1.29 is 15.0 Å². The molecule has 0 aromatic carbocycles. The number of rotatable bonds is 17. The molecule has 0 rings (SSSR count). The van der Waals surface area contributed by atoms with E-state index in [1.165, 1.54) is 19.3 Å². The smallest absolute Gasteiger partial charge is 0.248 e. The summed E-state index contributed by atoms with van der Waals surface area (Å²) in [5.74, 6) is -0.670. The van der Waals surface area contributed by atoms with Crippen molar-refractivity contribution in [3.05, 3.63) is 72.9 Å². The third-order valence-electron chi connectivity index (χ3n) is 4.93. The highest BCUT2D eigenvalue weighted by atomic mass is 16.3. The van der Waals surface area contributed by atoms with Gasteiger partial charge in [0.1, 0.15) is 0 Å². The van der Waals surface area contributed by atoms with E-state index < -0.39 is 12.0 Å². The zero-order valence-electron chi connectivity index (χ0n) is 17.3. The molecular formula is C24H37NO3. The Morgan fingerprint density at radius 2 is 1.07 bits per heavy atom. The number of unbranched alkanes of at least 4 members (excludes halogenated alkanes) is 7. The molecule has 1 unspecified atom stereocenters. The van der Waals surface area contributed by atoms with Gasteiger partial charge in [0.25, 0.3) is 0 Å². The first-order valence-corrected chi connectivity index (χ1v) is 9.89. The molecule has 0 heterocycles. The van der Waals surface area contributed by atoms with Crippen LogP contribution >= 0.6 is 0 Å². The Morgan fingerprint density at radius 3 is 1.54 bits per heavy atom. The molecule has 0 aliphatic heterocycles. The maximum atomic E-state index is 11.2. The second-order valence-electron chi connectivity index (χ2n) is 7.14. The zero-order chi connectivity index (χ0) is 21.7. The highest BCUT2D eigenvalue weighted by Gasteiger charge is 2.18. The number of carbonyl (C=O) groups is 1. The molecule has 0 saturated heterocycles. The summed E-state index contributed by atoms with van der Waals surface area (Å²) >= 11 is 0. The number of amides is 1. The minimum absolute atomic E-state index is 0.0708. The molecule has 4 nitrogen and oxygen atoms in total. The minimum Gasteiger partial charge on any atom is -0.396 e. The number of allylic oxidation sites excluding steroid dienone is 2. The second-order valence-corrected chi connectivity index (χ2v) is 7.14. The first-order valence-electron chi connectivity index (χ1n) is 9.89. The Kier molecular flexibility index (Phi) is 12.8. The standard InChI is InChI=1S/C24H37NO3/c1-17(18(2)20(4)22(6)24(25)28)19(3)21(5)23(27)15-13-11-9-7-8-10-12-14-16-26/h23,26-27H,1-16H2,(H2,25,28). The number of aliphatic hydroxyl groups excluding tert-OH is 2. The van der Waals surface area contributed by atoms with Crippen LogP contribution in [0.4, 0.5) is 0 Å². The van der Waals surface area contributed by atoms with E-state index in [1.54, 1.807) is 0 Å². The van der Waals surface area contributed by atoms with Gasteiger partial charge in [0.05, 0.1) is 6.10 Å². The van der Waals surface area contributed by atoms with E-state index in [0.29, 0.717) is 34.3 Å². The fourth-order valence-electron chi connectivity index (χ4n) is 2.77. The van der Waals surface area contributed by atoms with Crippen LogP contribution in [0.2, 0.25) is 0 Å². The Bertz CT molecular complexity index is 628. The van der Waals surface area contributed by atoms with Gasteiger partial charge in [-0.2, -0.15) is 0 Å². The van der Waals surface area contributed by atoms with Crippen molar-refractivity contribution in [2.24, 2.45) is 5.73 Å². The number of carbonyl (C=O) groups excluding carboxylic acids is 1. The number of hydrogen-bond acceptors (Lipinski definition) is 3. The van der Waals surface area contributed by atoms with Crippen LogP contribution in [0.15, 0.2) is 72.9 Å². The molecule has 0 aliphatic rings. The van der Waals surface area contributed by atoms with E-state index in [1.807, 2.05) is 0 Å². The number of aliphatic hydroxyl groups is 2. The van der Waals surface area contributed by atoms with Crippen molar-refractivity contribution in [3.8, 4) is 0 Å². The molecule has 0 aromatic rings. The number of hydrogen-bond donors (Lipinski definition) is 3. The van der Waals surface area contributed by atoms with Gasteiger partial charge in [-0.1, -0.05) is 84.4 Å². The number of primary amides is 1. The fourth-order valence-corrected chi connectivity index (χ4v) is 2.77. The highest BCUT2D eigenvalue weighted by Crippen LogP contribution is 2.30. The van der Waals surface area contributed by atoms with Crippen molar-refractivity contribution in [1.29, 1.82) is 0 Å². The van der Waals surface area contributed by atoms with Crippen LogP contribution in [-0.2, 0) is 4.79 Å². The van der Waals surface area contributed by atoms with E-state index >= 15 is 0 Å². The molecule has 0 spiro atoms. The van der Waals surface area contributed by atoms with E-state index in [9.17, 15) is 9.90 Å².